The number of ether oxygens (including phenoxy) is 2. The van der Waals surface area contributed by atoms with Gasteiger partial charge in [0.05, 0.1) is 13.2 Å². The van der Waals surface area contributed by atoms with Crippen molar-refractivity contribution >= 4 is 8.32 Å². The number of alkyl halides is 3. The summed E-state index contributed by atoms with van der Waals surface area (Å²) in [5.41, 5.74) is 1.14. The van der Waals surface area contributed by atoms with Gasteiger partial charge in [0.15, 0.2) is 8.32 Å². The van der Waals surface area contributed by atoms with Crippen LogP contribution in [0, 0.1) is 0 Å². The van der Waals surface area contributed by atoms with Crippen LogP contribution in [0.1, 0.15) is 26.3 Å². The van der Waals surface area contributed by atoms with E-state index in [1.165, 1.54) is 28.9 Å². The Morgan fingerprint density at radius 2 is 1.68 bits per heavy atom. The summed E-state index contributed by atoms with van der Waals surface area (Å²) in [4.78, 5) is 16.8. The molecule has 0 aliphatic heterocycles. The molecular formula is C28H31F3N4O5Si. The second-order valence-corrected chi connectivity index (χ2v) is 15.6. The SMILES string of the molecule is CC(C)(C)[Si](C)(C)OCCOc1cccc(Cn2nc(-c3nc(-c4ccc(OC(F)(F)F)cc4)no3)ccc2=O)c1. The van der Waals surface area contributed by atoms with Crippen LogP contribution in [0.15, 0.2) is 70.0 Å². The van der Waals surface area contributed by atoms with Gasteiger partial charge in [0.2, 0.25) is 5.82 Å². The van der Waals surface area contributed by atoms with Crippen LogP contribution in [-0.4, -0.2) is 47.8 Å². The highest BCUT2D eigenvalue weighted by atomic mass is 28.4. The van der Waals surface area contributed by atoms with Gasteiger partial charge in [0.25, 0.3) is 11.4 Å². The zero-order valence-corrected chi connectivity index (χ0v) is 24.4. The highest BCUT2D eigenvalue weighted by Crippen LogP contribution is 2.36. The van der Waals surface area contributed by atoms with E-state index >= 15 is 0 Å². The van der Waals surface area contributed by atoms with Crippen LogP contribution in [0.5, 0.6) is 11.5 Å². The largest absolute Gasteiger partial charge is 0.573 e. The summed E-state index contributed by atoms with van der Waals surface area (Å²) in [5, 5.41) is 8.36. The maximum absolute atomic E-state index is 12.5. The first-order valence-electron chi connectivity index (χ1n) is 12.8. The van der Waals surface area contributed by atoms with Crippen LogP contribution in [0.25, 0.3) is 23.0 Å². The molecule has 4 rings (SSSR count). The molecule has 0 amide bonds. The van der Waals surface area contributed by atoms with Crippen LogP contribution < -0.4 is 15.0 Å². The minimum absolute atomic E-state index is 0.0446. The van der Waals surface area contributed by atoms with Crippen molar-refractivity contribution in [3.05, 3.63) is 76.6 Å². The Kier molecular flexibility index (Phi) is 8.68. The Morgan fingerprint density at radius 1 is 0.951 bits per heavy atom. The van der Waals surface area contributed by atoms with Gasteiger partial charge in [0, 0.05) is 11.6 Å². The summed E-state index contributed by atoms with van der Waals surface area (Å²) in [7, 11) is -1.86. The van der Waals surface area contributed by atoms with Gasteiger partial charge in [-0.25, -0.2) is 4.68 Å². The molecule has 13 heteroatoms. The first-order chi connectivity index (χ1) is 19.2. The van der Waals surface area contributed by atoms with E-state index < -0.39 is 14.7 Å². The highest BCUT2D eigenvalue weighted by molar-refractivity contribution is 6.74. The number of halogens is 3. The number of nitrogens with zero attached hydrogens (tertiary/aromatic N) is 4. The first-order valence-corrected chi connectivity index (χ1v) is 15.8. The van der Waals surface area contributed by atoms with Gasteiger partial charge in [0.1, 0.15) is 23.8 Å². The fourth-order valence-electron chi connectivity index (χ4n) is 3.51. The molecule has 0 saturated carbocycles. The van der Waals surface area contributed by atoms with E-state index in [9.17, 15) is 18.0 Å². The van der Waals surface area contributed by atoms with Crippen LogP contribution >= 0.6 is 0 Å². The van der Waals surface area contributed by atoms with Crippen molar-refractivity contribution in [3.63, 3.8) is 0 Å². The maximum atomic E-state index is 12.5. The van der Waals surface area contributed by atoms with Crippen molar-refractivity contribution in [3.8, 4) is 34.5 Å². The standard InChI is InChI=1S/C28H31F3N4O5Si/c1-27(2,3)41(4,5)38-16-15-37-22-8-6-7-19(17-22)18-35-24(36)14-13-23(33-35)26-32-25(34-40-26)20-9-11-21(12-10-20)39-28(29,30)31/h6-14,17H,15-16,18H2,1-5H3. The summed E-state index contributed by atoms with van der Waals surface area (Å²) in [5.74, 6) is 0.468. The molecule has 218 valence electrons. The van der Waals surface area contributed by atoms with Gasteiger partial charge < -0.3 is 18.4 Å². The Balaban J connectivity index is 1.42. The molecule has 9 nitrogen and oxygen atoms in total. The molecule has 0 aliphatic carbocycles. The quantitative estimate of drug-likeness (QED) is 0.157. The Labute approximate surface area is 236 Å². The molecule has 0 aliphatic rings. The van der Waals surface area contributed by atoms with Crippen molar-refractivity contribution in [2.45, 2.75) is 51.8 Å². The minimum atomic E-state index is -4.79. The molecule has 0 fully saturated rings. The van der Waals surface area contributed by atoms with Gasteiger partial charge >= 0.3 is 6.36 Å². The summed E-state index contributed by atoms with van der Waals surface area (Å²) in [6.07, 6.45) is -4.79. The number of rotatable bonds is 10. The third-order valence-electron chi connectivity index (χ3n) is 6.71. The fraction of sp³-hybridized carbons (Fsp3) is 0.357. The lowest BCUT2D eigenvalue weighted by atomic mass is 10.2. The predicted octanol–water partition coefficient (Wildman–Crippen LogP) is 6.31. The third kappa shape index (κ3) is 8.04. The smallest absolute Gasteiger partial charge is 0.491 e. The number of hydrogen-bond donors (Lipinski definition) is 0. The zero-order chi connectivity index (χ0) is 29.8. The average Bonchev–Trinajstić information content (AvgIpc) is 3.37. The van der Waals surface area contributed by atoms with Crippen LogP contribution in [0.2, 0.25) is 18.1 Å². The van der Waals surface area contributed by atoms with Crippen molar-refractivity contribution in [2.24, 2.45) is 0 Å². The molecule has 0 N–H and O–H groups in total. The maximum Gasteiger partial charge on any atom is 0.573 e. The predicted molar refractivity (Wildman–Crippen MR) is 148 cm³/mol. The number of benzene rings is 2. The molecule has 0 bridgehead atoms. The molecule has 4 aromatic rings. The first kappa shape index (κ1) is 30.0. The van der Waals surface area contributed by atoms with Gasteiger partial charge in [-0.15, -0.1) is 13.2 Å². The summed E-state index contributed by atoms with van der Waals surface area (Å²) < 4.78 is 59.7. The lowest BCUT2D eigenvalue weighted by molar-refractivity contribution is -0.274. The normalized spacial score (nSPS) is 12.4. The van der Waals surface area contributed by atoms with Crippen molar-refractivity contribution in [1.29, 1.82) is 0 Å². The zero-order valence-electron chi connectivity index (χ0n) is 23.4. The van der Waals surface area contributed by atoms with Gasteiger partial charge in [-0.05, 0) is 66.2 Å². The summed E-state index contributed by atoms with van der Waals surface area (Å²) >= 11 is 0. The van der Waals surface area contributed by atoms with E-state index in [1.807, 2.05) is 24.3 Å². The topological polar surface area (TPSA) is 102 Å². The average molecular weight is 589 g/mol. The lowest BCUT2D eigenvalue weighted by Gasteiger charge is -2.36. The Hall–Kier alpha value is -3.97. The highest BCUT2D eigenvalue weighted by Gasteiger charge is 2.37. The monoisotopic (exact) mass is 588 g/mol. The molecule has 2 heterocycles. The summed E-state index contributed by atoms with van der Waals surface area (Å²) in [6.45, 7) is 12.0. The summed E-state index contributed by atoms with van der Waals surface area (Å²) in [6, 6.07) is 15.2. The number of hydrogen-bond acceptors (Lipinski definition) is 8. The van der Waals surface area contributed by atoms with E-state index in [2.05, 4.69) is 53.8 Å². The lowest BCUT2D eigenvalue weighted by Crippen LogP contribution is -2.41. The molecule has 0 saturated heterocycles. The molecule has 0 radical (unpaired) electrons. The minimum Gasteiger partial charge on any atom is -0.491 e. The van der Waals surface area contributed by atoms with E-state index in [0.717, 1.165) is 17.7 Å². The van der Waals surface area contributed by atoms with Crippen LogP contribution in [-0.2, 0) is 11.0 Å². The van der Waals surface area contributed by atoms with E-state index in [-0.39, 0.29) is 40.3 Å². The van der Waals surface area contributed by atoms with Crippen molar-refractivity contribution < 1.29 is 31.6 Å². The molecule has 0 atom stereocenters. The van der Waals surface area contributed by atoms with Crippen LogP contribution in [0.3, 0.4) is 0 Å². The van der Waals surface area contributed by atoms with Crippen molar-refractivity contribution in [2.75, 3.05) is 13.2 Å². The third-order valence-corrected chi connectivity index (χ3v) is 11.2. The second-order valence-electron chi connectivity index (χ2n) is 10.8. The van der Waals surface area contributed by atoms with E-state index in [1.54, 1.807) is 0 Å². The second kappa shape index (κ2) is 11.9. The molecule has 0 spiro atoms. The molecular weight excluding hydrogens is 557 g/mol. The molecule has 2 aromatic carbocycles. The Bertz CT molecular complexity index is 1530. The fourth-order valence-corrected chi connectivity index (χ4v) is 4.53. The molecule has 2 aromatic heterocycles. The van der Waals surface area contributed by atoms with E-state index in [0.29, 0.717) is 24.5 Å². The molecule has 0 unspecified atom stereocenters. The van der Waals surface area contributed by atoms with Gasteiger partial charge in [-0.3, -0.25) is 4.79 Å². The van der Waals surface area contributed by atoms with Crippen molar-refractivity contribution in [1.82, 2.24) is 19.9 Å². The van der Waals surface area contributed by atoms with Gasteiger partial charge in [-0.2, -0.15) is 10.1 Å². The van der Waals surface area contributed by atoms with Crippen LogP contribution in [0.4, 0.5) is 13.2 Å². The van der Waals surface area contributed by atoms with Gasteiger partial charge in [-0.1, -0.05) is 38.1 Å². The Morgan fingerprint density at radius 3 is 2.37 bits per heavy atom. The van der Waals surface area contributed by atoms with E-state index in [4.69, 9.17) is 13.7 Å². The number of aromatic nitrogens is 4. The molecule has 41 heavy (non-hydrogen) atoms.